The Morgan fingerprint density at radius 2 is 2.25 bits per heavy atom. The van der Waals surface area contributed by atoms with E-state index in [4.69, 9.17) is 0 Å². The van der Waals surface area contributed by atoms with Gasteiger partial charge in [0.15, 0.2) is 5.65 Å². The first-order valence-electron chi connectivity index (χ1n) is 4.81. The third-order valence-electron chi connectivity index (χ3n) is 2.41. The van der Waals surface area contributed by atoms with Crippen molar-refractivity contribution in [2.45, 2.75) is 0 Å². The minimum atomic E-state index is -0.132. The van der Waals surface area contributed by atoms with Gasteiger partial charge in [0.1, 0.15) is 0 Å². The molecule has 3 aromatic heterocycles. The van der Waals surface area contributed by atoms with Crippen molar-refractivity contribution in [1.29, 1.82) is 0 Å². The normalized spacial score (nSPS) is 10.8. The Kier molecular flexibility index (Phi) is 1.83. The lowest BCUT2D eigenvalue weighted by molar-refractivity contribution is 1.05. The molecule has 78 valence electrons. The van der Waals surface area contributed by atoms with Crippen LogP contribution in [-0.2, 0) is 0 Å². The predicted octanol–water partition coefficient (Wildman–Crippen LogP) is 1.11. The van der Waals surface area contributed by atoms with Crippen LogP contribution in [-0.4, -0.2) is 19.5 Å². The van der Waals surface area contributed by atoms with Crippen molar-refractivity contribution in [3.05, 3.63) is 53.5 Å². The average Bonchev–Trinajstić information content (AvgIpc) is 2.75. The van der Waals surface area contributed by atoms with E-state index >= 15 is 0 Å². The summed E-state index contributed by atoms with van der Waals surface area (Å²) in [5, 5.41) is 0.575. The molecule has 3 aromatic rings. The zero-order valence-electron chi connectivity index (χ0n) is 8.29. The maximum atomic E-state index is 11.5. The fourth-order valence-corrected chi connectivity index (χ4v) is 1.67. The van der Waals surface area contributed by atoms with E-state index in [2.05, 4.69) is 15.0 Å². The van der Waals surface area contributed by atoms with Crippen LogP contribution >= 0.6 is 0 Å². The Labute approximate surface area is 90.4 Å². The molecular formula is C11H8N4O. The molecule has 3 rings (SSSR count). The van der Waals surface area contributed by atoms with E-state index in [1.54, 1.807) is 18.5 Å². The SMILES string of the molecule is O=c1[nH]cnc2c1ccn2-c1cccnc1. The molecule has 0 aliphatic carbocycles. The van der Waals surface area contributed by atoms with E-state index in [1.807, 2.05) is 22.9 Å². The first kappa shape index (κ1) is 8.84. The fourth-order valence-electron chi connectivity index (χ4n) is 1.67. The molecule has 0 aliphatic rings. The van der Waals surface area contributed by atoms with E-state index in [9.17, 15) is 4.79 Å². The van der Waals surface area contributed by atoms with Crippen LogP contribution in [0.5, 0.6) is 0 Å². The molecule has 0 aromatic carbocycles. The van der Waals surface area contributed by atoms with Crippen molar-refractivity contribution < 1.29 is 0 Å². The number of H-pyrrole nitrogens is 1. The van der Waals surface area contributed by atoms with Gasteiger partial charge in [0, 0.05) is 12.4 Å². The molecule has 1 N–H and O–H groups in total. The molecule has 0 amide bonds. The highest BCUT2D eigenvalue weighted by Gasteiger charge is 2.06. The molecule has 0 aliphatic heterocycles. The molecule has 0 spiro atoms. The van der Waals surface area contributed by atoms with Gasteiger partial charge < -0.3 is 4.98 Å². The maximum Gasteiger partial charge on any atom is 0.260 e. The average molecular weight is 212 g/mol. The van der Waals surface area contributed by atoms with Crippen molar-refractivity contribution >= 4 is 11.0 Å². The third-order valence-corrected chi connectivity index (χ3v) is 2.41. The summed E-state index contributed by atoms with van der Waals surface area (Å²) in [6.07, 6.45) is 6.64. The number of aromatic amines is 1. The van der Waals surface area contributed by atoms with Gasteiger partial charge in [-0.15, -0.1) is 0 Å². The molecule has 0 radical (unpaired) electrons. The van der Waals surface area contributed by atoms with Crippen LogP contribution in [0, 0.1) is 0 Å². The molecule has 0 saturated carbocycles. The largest absolute Gasteiger partial charge is 0.313 e. The Balaban J connectivity index is 2.34. The Morgan fingerprint density at radius 1 is 1.31 bits per heavy atom. The fraction of sp³-hybridized carbons (Fsp3) is 0. The standard InChI is InChI=1S/C11H8N4O/c16-11-9-3-5-15(10(9)13-7-14-11)8-2-1-4-12-6-8/h1-7H,(H,13,14,16). The highest BCUT2D eigenvalue weighted by Crippen LogP contribution is 2.13. The van der Waals surface area contributed by atoms with Crippen molar-refractivity contribution in [2.24, 2.45) is 0 Å². The molecular weight excluding hydrogens is 204 g/mol. The molecule has 16 heavy (non-hydrogen) atoms. The summed E-state index contributed by atoms with van der Waals surface area (Å²) in [6.45, 7) is 0. The molecule has 0 fully saturated rings. The first-order chi connectivity index (χ1) is 7.86. The van der Waals surface area contributed by atoms with Gasteiger partial charge >= 0.3 is 0 Å². The van der Waals surface area contributed by atoms with E-state index in [-0.39, 0.29) is 5.56 Å². The molecule has 3 heterocycles. The number of nitrogens with zero attached hydrogens (tertiary/aromatic N) is 3. The number of fused-ring (bicyclic) bond motifs is 1. The number of nitrogens with one attached hydrogen (secondary N) is 1. The second kappa shape index (κ2) is 3.30. The number of aromatic nitrogens is 4. The van der Waals surface area contributed by atoms with Gasteiger partial charge in [0.05, 0.1) is 23.6 Å². The molecule has 5 nitrogen and oxygen atoms in total. The summed E-state index contributed by atoms with van der Waals surface area (Å²) in [4.78, 5) is 22.2. The van der Waals surface area contributed by atoms with Gasteiger partial charge in [-0.25, -0.2) is 4.98 Å². The zero-order chi connectivity index (χ0) is 11.0. The quantitative estimate of drug-likeness (QED) is 0.657. The van der Waals surface area contributed by atoms with Crippen LogP contribution in [0.15, 0.2) is 47.9 Å². The van der Waals surface area contributed by atoms with Crippen molar-refractivity contribution in [2.75, 3.05) is 0 Å². The zero-order valence-corrected chi connectivity index (χ0v) is 8.29. The number of rotatable bonds is 1. The summed E-state index contributed by atoms with van der Waals surface area (Å²) in [6, 6.07) is 5.50. The number of hydrogen-bond acceptors (Lipinski definition) is 3. The van der Waals surface area contributed by atoms with Gasteiger partial charge in [-0.05, 0) is 18.2 Å². The minimum absolute atomic E-state index is 0.132. The lowest BCUT2D eigenvalue weighted by Gasteiger charge is -2.02. The van der Waals surface area contributed by atoms with Crippen LogP contribution < -0.4 is 5.56 Å². The van der Waals surface area contributed by atoms with Crippen LogP contribution in [0.4, 0.5) is 0 Å². The highest BCUT2D eigenvalue weighted by molar-refractivity contribution is 5.76. The van der Waals surface area contributed by atoms with E-state index in [1.165, 1.54) is 6.33 Å². The van der Waals surface area contributed by atoms with E-state index < -0.39 is 0 Å². The van der Waals surface area contributed by atoms with Crippen LogP contribution in [0.3, 0.4) is 0 Å². The number of pyridine rings is 1. The Hall–Kier alpha value is -2.43. The van der Waals surface area contributed by atoms with Gasteiger partial charge in [0.25, 0.3) is 5.56 Å². The second-order valence-electron chi connectivity index (χ2n) is 3.37. The van der Waals surface area contributed by atoms with Crippen molar-refractivity contribution in [3.8, 4) is 5.69 Å². The first-order valence-corrected chi connectivity index (χ1v) is 4.81. The third kappa shape index (κ3) is 1.22. The molecule has 0 bridgehead atoms. The van der Waals surface area contributed by atoms with Crippen LogP contribution in [0.25, 0.3) is 16.7 Å². The summed E-state index contributed by atoms with van der Waals surface area (Å²) in [7, 11) is 0. The van der Waals surface area contributed by atoms with Gasteiger partial charge in [-0.3, -0.25) is 14.3 Å². The predicted molar refractivity (Wildman–Crippen MR) is 59.5 cm³/mol. The van der Waals surface area contributed by atoms with Crippen LogP contribution in [0.2, 0.25) is 0 Å². The van der Waals surface area contributed by atoms with Gasteiger partial charge in [-0.2, -0.15) is 0 Å². The Bertz CT molecular complexity index is 684. The van der Waals surface area contributed by atoms with Gasteiger partial charge in [0.2, 0.25) is 0 Å². The monoisotopic (exact) mass is 212 g/mol. The molecule has 0 unspecified atom stereocenters. The molecule has 5 heteroatoms. The second-order valence-corrected chi connectivity index (χ2v) is 3.37. The lowest BCUT2D eigenvalue weighted by atomic mass is 10.4. The summed E-state index contributed by atoms with van der Waals surface area (Å²) < 4.78 is 1.83. The summed E-state index contributed by atoms with van der Waals surface area (Å²) in [5.74, 6) is 0. The lowest BCUT2D eigenvalue weighted by Crippen LogP contribution is -2.06. The van der Waals surface area contributed by atoms with Crippen molar-refractivity contribution in [3.63, 3.8) is 0 Å². The molecule has 0 saturated heterocycles. The topological polar surface area (TPSA) is 63.6 Å². The highest BCUT2D eigenvalue weighted by atomic mass is 16.1. The maximum absolute atomic E-state index is 11.5. The molecule has 0 atom stereocenters. The summed E-state index contributed by atoms with van der Waals surface area (Å²) in [5.41, 5.74) is 1.39. The minimum Gasteiger partial charge on any atom is -0.313 e. The smallest absolute Gasteiger partial charge is 0.260 e. The van der Waals surface area contributed by atoms with E-state index in [0.29, 0.717) is 11.0 Å². The van der Waals surface area contributed by atoms with Crippen molar-refractivity contribution in [1.82, 2.24) is 19.5 Å². The van der Waals surface area contributed by atoms with Gasteiger partial charge in [-0.1, -0.05) is 0 Å². The summed E-state index contributed by atoms with van der Waals surface area (Å²) >= 11 is 0. The van der Waals surface area contributed by atoms with E-state index in [0.717, 1.165) is 5.69 Å². The Morgan fingerprint density at radius 3 is 3.06 bits per heavy atom. The number of hydrogen-bond donors (Lipinski definition) is 1. The van der Waals surface area contributed by atoms with Crippen LogP contribution in [0.1, 0.15) is 0 Å².